The van der Waals surface area contributed by atoms with Crippen LogP contribution < -0.4 is 0 Å². The summed E-state index contributed by atoms with van der Waals surface area (Å²) in [7, 11) is 0. The molecule has 0 radical (unpaired) electrons. The van der Waals surface area contributed by atoms with Gasteiger partial charge in [0.1, 0.15) is 0 Å². The molecule has 0 amide bonds. The van der Waals surface area contributed by atoms with Gasteiger partial charge in [-0.1, -0.05) is 15.9 Å². The van der Waals surface area contributed by atoms with Gasteiger partial charge < -0.3 is 0 Å². The molecule has 0 spiro atoms. The van der Waals surface area contributed by atoms with Gasteiger partial charge in [-0.2, -0.15) is 0 Å². The van der Waals surface area contributed by atoms with Gasteiger partial charge >= 0.3 is 0 Å². The first-order valence-corrected chi connectivity index (χ1v) is 6.62. The fraction of sp³-hybridized carbons (Fsp3) is 0.154. The van der Waals surface area contributed by atoms with Gasteiger partial charge in [-0.3, -0.25) is 4.79 Å². The first-order valence-electron chi connectivity index (χ1n) is 4.94. The number of thiophene rings is 1. The normalized spacial score (nSPS) is 10.4. The Morgan fingerprint density at radius 1 is 1.19 bits per heavy atom. The second-order valence-electron chi connectivity index (χ2n) is 3.73. The number of carbonyl (C=O) groups excluding carboxylic acids is 1. The third kappa shape index (κ3) is 2.11. The molecule has 1 aromatic carbocycles. The standard InChI is InChI=1S/C13H11BrOS/c1-8-5-6-16-13(8)12(15)10-3-4-11(14)9(2)7-10/h3-7H,1-2H3. The van der Waals surface area contributed by atoms with Crippen LogP contribution in [0.5, 0.6) is 0 Å². The van der Waals surface area contributed by atoms with Crippen LogP contribution in [0.1, 0.15) is 26.4 Å². The van der Waals surface area contributed by atoms with E-state index in [1.54, 1.807) is 0 Å². The Labute approximate surface area is 107 Å². The van der Waals surface area contributed by atoms with Crippen molar-refractivity contribution in [3.8, 4) is 0 Å². The van der Waals surface area contributed by atoms with Crippen molar-refractivity contribution in [2.24, 2.45) is 0 Å². The number of carbonyl (C=O) groups is 1. The molecule has 1 nitrogen and oxygen atoms in total. The van der Waals surface area contributed by atoms with E-state index < -0.39 is 0 Å². The van der Waals surface area contributed by atoms with Crippen molar-refractivity contribution in [1.82, 2.24) is 0 Å². The molecule has 0 fully saturated rings. The number of rotatable bonds is 2. The Morgan fingerprint density at radius 3 is 2.50 bits per heavy atom. The van der Waals surface area contributed by atoms with Gasteiger partial charge in [0.25, 0.3) is 0 Å². The van der Waals surface area contributed by atoms with Crippen LogP contribution in [0.4, 0.5) is 0 Å². The SMILES string of the molecule is Cc1cc(C(=O)c2sccc2C)ccc1Br. The Kier molecular flexibility index (Phi) is 3.26. The van der Waals surface area contributed by atoms with Gasteiger partial charge in [0.2, 0.25) is 5.78 Å². The number of hydrogen-bond donors (Lipinski definition) is 0. The lowest BCUT2D eigenvalue weighted by Gasteiger charge is -2.03. The summed E-state index contributed by atoms with van der Waals surface area (Å²) < 4.78 is 1.03. The van der Waals surface area contributed by atoms with E-state index in [1.165, 1.54) is 11.3 Å². The minimum Gasteiger partial charge on any atom is -0.288 e. The molecule has 0 unspecified atom stereocenters. The van der Waals surface area contributed by atoms with E-state index in [9.17, 15) is 4.79 Å². The molecule has 2 aromatic rings. The van der Waals surface area contributed by atoms with E-state index in [2.05, 4.69) is 15.9 Å². The highest BCUT2D eigenvalue weighted by Crippen LogP contribution is 2.23. The molecule has 3 heteroatoms. The van der Waals surface area contributed by atoms with Crippen LogP contribution in [0.25, 0.3) is 0 Å². The first kappa shape index (κ1) is 11.6. The Morgan fingerprint density at radius 2 is 1.94 bits per heavy atom. The largest absolute Gasteiger partial charge is 0.288 e. The molecule has 0 saturated carbocycles. The average Bonchev–Trinajstić information content (AvgIpc) is 2.67. The van der Waals surface area contributed by atoms with Gasteiger partial charge in [0.05, 0.1) is 4.88 Å². The van der Waals surface area contributed by atoms with Crippen molar-refractivity contribution in [3.63, 3.8) is 0 Å². The average molecular weight is 295 g/mol. The lowest BCUT2D eigenvalue weighted by atomic mass is 10.1. The quantitative estimate of drug-likeness (QED) is 0.752. The number of aryl methyl sites for hydroxylation is 2. The zero-order chi connectivity index (χ0) is 11.7. The van der Waals surface area contributed by atoms with Crippen molar-refractivity contribution in [1.29, 1.82) is 0 Å². The highest BCUT2D eigenvalue weighted by molar-refractivity contribution is 9.10. The molecule has 0 atom stereocenters. The Balaban J connectivity index is 2.42. The van der Waals surface area contributed by atoms with Crippen LogP contribution in [-0.4, -0.2) is 5.78 Å². The topological polar surface area (TPSA) is 17.1 Å². The van der Waals surface area contributed by atoms with Crippen molar-refractivity contribution in [3.05, 3.63) is 55.7 Å². The Hall–Kier alpha value is -0.930. The minimum atomic E-state index is 0.114. The summed E-state index contributed by atoms with van der Waals surface area (Å²) in [5.41, 5.74) is 2.89. The lowest BCUT2D eigenvalue weighted by molar-refractivity contribution is 0.104. The molecule has 1 heterocycles. The summed E-state index contributed by atoms with van der Waals surface area (Å²) in [4.78, 5) is 13.0. The number of ketones is 1. The first-order chi connectivity index (χ1) is 7.59. The van der Waals surface area contributed by atoms with E-state index in [0.29, 0.717) is 0 Å². The fourth-order valence-electron chi connectivity index (χ4n) is 1.52. The molecular formula is C13H11BrOS. The third-order valence-corrected chi connectivity index (χ3v) is 4.39. The molecule has 0 aliphatic rings. The minimum absolute atomic E-state index is 0.114. The fourth-order valence-corrected chi connectivity index (χ4v) is 2.66. The van der Waals surface area contributed by atoms with Crippen molar-refractivity contribution < 1.29 is 4.79 Å². The number of halogens is 1. The van der Waals surface area contributed by atoms with E-state index in [-0.39, 0.29) is 5.78 Å². The predicted octanol–water partition coefficient (Wildman–Crippen LogP) is 4.36. The molecule has 0 saturated heterocycles. The summed E-state index contributed by atoms with van der Waals surface area (Å²) >= 11 is 4.93. The highest BCUT2D eigenvalue weighted by Gasteiger charge is 2.13. The molecule has 1 aromatic heterocycles. The van der Waals surface area contributed by atoms with Crippen LogP contribution in [-0.2, 0) is 0 Å². The van der Waals surface area contributed by atoms with Crippen molar-refractivity contribution in [2.45, 2.75) is 13.8 Å². The molecule has 0 aliphatic heterocycles. The molecule has 82 valence electrons. The number of hydrogen-bond acceptors (Lipinski definition) is 2. The molecule has 0 aliphatic carbocycles. The van der Waals surface area contributed by atoms with Crippen LogP contribution in [0, 0.1) is 13.8 Å². The second-order valence-corrected chi connectivity index (χ2v) is 5.50. The van der Waals surface area contributed by atoms with Gasteiger partial charge in [-0.05, 0) is 54.6 Å². The van der Waals surface area contributed by atoms with E-state index >= 15 is 0 Å². The van der Waals surface area contributed by atoms with Crippen LogP contribution >= 0.6 is 27.3 Å². The van der Waals surface area contributed by atoms with Crippen LogP contribution in [0.15, 0.2) is 34.1 Å². The smallest absolute Gasteiger partial charge is 0.203 e. The Bertz CT molecular complexity index is 543. The van der Waals surface area contributed by atoms with Gasteiger partial charge in [0, 0.05) is 10.0 Å². The highest BCUT2D eigenvalue weighted by atomic mass is 79.9. The summed E-state index contributed by atoms with van der Waals surface area (Å²) in [6.07, 6.45) is 0. The zero-order valence-electron chi connectivity index (χ0n) is 9.08. The third-order valence-electron chi connectivity index (χ3n) is 2.49. The second kappa shape index (κ2) is 4.52. The summed E-state index contributed by atoms with van der Waals surface area (Å²) in [6, 6.07) is 7.68. The van der Waals surface area contributed by atoms with Gasteiger partial charge in [-0.15, -0.1) is 11.3 Å². The van der Waals surface area contributed by atoms with E-state index in [4.69, 9.17) is 0 Å². The monoisotopic (exact) mass is 294 g/mol. The lowest BCUT2D eigenvalue weighted by Crippen LogP contribution is -2.00. The predicted molar refractivity (Wildman–Crippen MR) is 71.4 cm³/mol. The summed E-state index contributed by atoms with van der Waals surface area (Å²) in [5, 5.41) is 1.95. The van der Waals surface area contributed by atoms with Crippen molar-refractivity contribution in [2.75, 3.05) is 0 Å². The maximum absolute atomic E-state index is 12.2. The molecular weight excluding hydrogens is 284 g/mol. The number of benzene rings is 1. The zero-order valence-corrected chi connectivity index (χ0v) is 11.5. The van der Waals surface area contributed by atoms with Crippen molar-refractivity contribution >= 4 is 33.0 Å². The van der Waals surface area contributed by atoms with Gasteiger partial charge in [0.15, 0.2) is 0 Å². The van der Waals surface area contributed by atoms with E-state index in [1.807, 2.05) is 43.5 Å². The van der Waals surface area contributed by atoms with Crippen LogP contribution in [0.3, 0.4) is 0 Å². The summed E-state index contributed by atoms with van der Waals surface area (Å²) in [6.45, 7) is 3.96. The molecule has 0 N–H and O–H groups in total. The molecule has 16 heavy (non-hydrogen) atoms. The van der Waals surface area contributed by atoms with Gasteiger partial charge in [-0.25, -0.2) is 0 Å². The van der Waals surface area contributed by atoms with E-state index in [0.717, 1.165) is 26.0 Å². The maximum atomic E-state index is 12.2. The molecule has 0 bridgehead atoms. The maximum Gasteiger partial charge on any atom is 0.203 e. The molecule has 2 rings (SSSR count). The summed E-state index contributed by atoms with van der Waals surface area (Å²) in [5.74, 6) is 0.114. The van der Waals surface area contributed by atoms with Crippen LogP contribution in [0.2, 0.25) is 0 Å².